The molecule has 0 aromatic heterocycles. The summed E-state index contributed by atoms with van der Waals surface area (Å²) in [5.41, 5.74) is 0. The van der Waals surface area contributed by atoms with Crippen LogP contribution in [-0.2, 0) is 19.4 Å². The minimum atomic E-state index is -3.27. The molecular formula is C18H29N3O5S. The van der Waals surface area contributed by atoms with Crippen molar-refractivity contribution in [2.75, 3.05) is 45.1 Å². The van der Waals surface area contributed by atoms with Crippen LogP contribution < -0.4 is 5.32 Å². The maximum atomic E-state index is 13.0. The van der Waals surface area contributed by atoms with E-state index in [2.05, 4.69) is 5.32 Å². The molecule has 3 atom stereocenters. The Morgan fingerprint density at radius 3 is 2.37 bits per heavy atom. The molecule has 27 heavy (non-hydrogen) atoms. The SMILES string of the molecule is O=C(NC1CCCC1)N1C[C@H]2[C@@H](C(=O)N3CCOCC3)CCS(=O)(=O)[C@H]2C1. The van der Waals surface area contributed by atoms with Gasteiger partial charge in [-0.1, -0.05) is 12.8 Å². The molecule has 3 saturated heterocycles. The fourth-order valence-corrected chi connectivity index (χ4v) is 7.15. The number of likely N-dealkylation sites (tertiary alicyclic amines) is 1. The number of sulfone groups is 1. The fourth-order valence-electron chi connectivity index (χ4n) is 5.05. The molecule has 8 nitrogen and oxygen atoms in total. The number of hydrogen-bond acceptors (Lipinski definition) is 5. The lowest BCUT2D eigenvalue weighted by atomic mass is 9.87. The molecule has 0 aromatic carbocycles. The normalized spacial score (nSPS) is 33.7. The number of carbonyl (C=O) groups excluding carboxylic acids is 2. The van der Waals surface area contributed by atoms with Crippen LogP contribution in [0.15, 0.2) is 0 Å². The molecule has 0 unspecified atom stereocenters. The van der Waals surface area contributed by atoms with Gasteiger partial charge in [-0.25, -0.2) is 13.2 Å². The van der Waals surface area contributed by atoms with E-state index in [0.717, 1.165) is 25.7 Å². The summed E-state index contributed by atoms with van der Waals surface area (Å²) in [6.45, 7) is 2.74. The van der Waals surface area contributed by atoms with Crippen LogP contribution >= 0.6 is 0 Å². The molecule has 3 amide bonds. The molecule has 4 rings (SSSR count). The van der Waals surface area contributed by atoms with Crippen LogP contribution in [0.2, 0.25) is 0 Å². The van der Waals surface area contributed by atoms with Crippen molar-refractivity contribution in [2.24, 2.45) is 11.8 Å². The van der Waals surface area contributed by atoms with Crippen LogP contribution in [0.25, 0.3) is 0 Å². The molecule has 4 fully saturated rings. The third-order valence-electron chi connectivity index (χ3n) is 6.61. The third-order valence-corrected chi connectivity index (χ3v) is 8.84. The number of nitrogens with zero attached hydrogens (tertiary/aromatic N) is 2. The first-order chi connectivity index (χ1) is 13.0. The van der Waals surface area contributed by atoms with Gasteiger partial charge in [-0.3, -0.25) is 4.79 Å². The van der Waals surface area contributed by atoms with Crippen molar-refractivity contribution in [3.8, 4) is 0 Å². The Hall–Kier alpha value is -1.35. The molecule has 0 spiro atoms. The Morgan fingerprint density at radius 1 is 0.963 bits per heavy atom. The number of fused-ring (bicyclic) bond motifs is 1. The summed E-state index contributed by atoms with van der Waals surface area (Å²) in [6.07, 6.45) is 4.59. The quantitative estimate of drug-likeness (QED) is 0.717. The van der Waals surface area contributed by atoms with Crippen LogP contribution in [0.4, 0.5) is 4.79 Å². The van der Waals surface area contributed by atoms with Crippen molar-refractivity contribution < 1.29 is 22.7 Å². The number of nitrogens with one attached hydrogen (secondary N) is 1. The van der Waals surface area contributed by atoms with Gasteiger partial charge in [-0.15, -0.1) is 0 Å². The van der Waals surface area contributed by atoms with E-state index in [1.54, 1.807) is 9.80 Å². The van der Waals surface area contributed by atoms with Crippen LogP contribution in [0.5, 0.6) is 0 Å². The maximum absolute atomic E-state index is 13.0. The molecule has 4 aliphatic rings. The highest BCUT2D eigenvalue weighted by molar-refractivity contribution is 7.92. The summed E-state index contributed by atoms with van der Waals surface area (Å²) in [4.78, 5) is 29.1. The Labute approximate surface area is 160 Å². The molecule has 0 bridgehead atoms. The summed E-state index contributed by atoms with van der Waals surface area (Å²) in [5.74, 6) is -0.553. The van der Waals surface area contributed by atoms with E-state index in [0.29, 0.717) is 39.3 Å². The van der Waals surface area contributed by atoms with Crippen molar-refractivity contribution >= 4 is 21.8 Å². The zero-order valence-electron chi connectivity index (χ0n) is 15.6. The second-order valence-electron chi connectivity index (χ2n) is 8.24. The van der Waals surface area contributed by atoms with Gasteiger partial charge in [0.05, 0.1) is 24.2 Å². The number of amides is 3. The van der Waals surface area contributed by atoms with E-state index in [4.69, 9.17) is 4.74 Å². The van der Waals surface area contributed by atoms with Crippen LogP contribution in [0.3, 0.4) is 0 Å². The van der Waals surface area contributed by atoms with E-state index in [9.17, 15) is 18.0 Å². The van der Waals surface area contributed by atoms with Gasteiger partial charge in [0.1, 0.15) is 0 Å². The van der Waals surface area contributed by atoms with Gasteiger partial charge < -0.3 is 19.9 Å². The van der Waals surface area contributed by atoms with Crippen LogP contribution in [0.1, 0.15) is 32.1 Å². The summed E-state index contributed by atoms with van der Waals surface area (Å²) in [7, 11) is -3.27. The predicted octanol–water partition coefficient (Wildman–Crippen LogP) is 0.233. The first-order valence-corrected chi connectivity index (χ1v) is 11.8. The summed E-state index contributed by atoms with van der Waals surface area (Å²) in [5, 5.41) is 2.43. The van der Waals surface area contributed by atoms with Gasteiger partial charge in [0.25, 0.3) is 0 Å². The van der Waals surface area contributed by atoms with E-state index in [1.807, 2.05) is 0 Å². The Balaban J connectivity index is 1.47. The van der Waals surface area contributed by atoms with Crippen LogP contribution in [-0.4, -0.2) is 86.6 Å². The number of ether oxygens (including phenoxy) is 1. The molecule has 1 saturated carbocycles. The Morgan fingerprint density at radius 2 is 1.67 bits per heavy atom. The average Bonchev–Trinajstić information content (AvgIpc) is 3.32. The molecule has 0 radical (unpaired) electrons. The van der Waals surface area contributed by atoms with Gasteiger partial charge in [0, 0.05) is 44.1 Å². The smallest absolute Gasteiger partial charge is 0.317 e. The lowest BCUT2D eigenvalue weighted by Crippen LogP contribution is -2.50. The van der Waals surface area contributed by atoms with Crippen molar-refractivity contribution in [2.45, 2.75) is 43.4 Å². The second kappa shape index (κ2) is 7.58. The van der Waals surface area contributed by atoms with E-state index in [-0.39, 0.29) is 42.1 Å². The van der Waals surface area contributed by atoms with Crippen molar-refractivity contribution in [1.29, 1.82) is 0 Å². The lowest BCUT2D eigenvalue weighted by Gasteiger charge is -2.36. The van der Waals surface area contributed by atoms with Crippen LogP contribution in [0, 0.1) is 11.8 Å². The molecule has 1 aliphatic carbocycles. The van der Waals surface area contributed by atoms with Crippen molar-refractivity contribution in [3.05, 3.63) is 0 Å². The summed E-state index contributed by atoms with van der Waals surface area (Å²) < 4.78 is 30.6. The molecule has 9 heteroatoms. The van der Waals surface area contributed by atoms with Gasteiger partial charge in [0.15, 0.2) is 9.84 Å². The third kappa shape index (κ3) is 3.81. The van der Waals surface area contributed by atoms with Gasteiger partial charge in [-0.2, -0.15) is 0 Å². The minimum absolute atomic E-state index is 0.0289. The molecular weight excluding hydrogens is 370 g/mol. The number of hydrogen-bond donors (Lipinski definition) is 1. The maximum Gasteiger partial charge on any atom is 0.317 e. The number of morpholine rings is 1. The molecule has 152 valence electrons. The van der Waals surface area contributed by atoms with Gasteiger partial charge >= 0.3 is 6.03 Å². The van der Waals surface area contributed by atoms with Gasteiger partial charge in [0.2, 0.25) is 5.91 Å². The van der Waals surface area contributed by atoms with E-state index < -0.39 is 15.1 Å². The average molecular weight is 400 g/mol. The molecule has 1 N–H and O–H groups in total. The molecule has 3 aliphatic heterocycles. The number of carbonyl (C=O) groups is 2. The highest BCUT2D eigenvalue weighted by Crippen LogP contribution is 2.38. The topological polar surface area (TPSA) is 96.0 Å². The second-order valence-corrected chi connectivity index (χ2v) is 10.6. The monoisotopic (exact) mass is 399 g/mol. The van der Waals surface area contributed by atoms with Crippen molar-refractivity contribution in [3.63, 3.8) is 0 Å². The zero-order valence-corrected chi connectivity index (χ0v) is 16.5. The number of urea groups is 1. The molecule has 0 aromatic rings. The van der Waals surface area contributed by atoms with Crippen molar-refractivity contribution in [1.82, 2.24) is 15.1 Å². The van der Waals surface area contributed by atoms with E-state index >= 15 is 0 Å². The Bertz CT molecular complexity index is 685. The first-order valence-electron chi connectivity index (χ1n) is 10.1. The first kappa shape index (κ1) is 19.0. The minimum Gasteiger partial charge on any atom is -0.378 e. The lowest BCUT2D eigenvalue weighted by molar-refractivity contribution is -0.141. The zero-order chi connectivity index (χ0) is 19.0. The summed E-state index contributed by atoms with van der Waals surface area (Å²) >= 11 is 0. The fraction of sp³-hybridized carbons (Fsp3) is 0.889. The summed E-state index contributed by atoms with van der Waals surface area (Å²) in [6, 6.07) is 0.0200. The predicted molar refractivity (Wildman–Crippen MR) is 98.9 cm³/mol. The largest absolute Gasteiger partial charge is 0.378 e. The molecule has 3 heterocycles. The number of rotatable bonds is 2. The standard InChI is InChI=1S/C18H29N3O5S/c22-17(20-6-8-26-9-7-20)14-5-10-27(24,25)16-12-21(11-15(14)16)18(23)19-13-3-1-2-4-13/h13-16H,1-12H2,(H,19,23)/t14-,15-,16-/m0/s1. The van der Waals surface area contributed by atoms with E-state index in [1.165, 1.54) is 0 Å². The highest BCUT2D eigenvalue weighted by atomic mass is 32.2. The Kier molecular flexibility index (Phi) is 5.33. The van der Waals surface area contributed by atoms with Gasteiger partial charge in [-0.05, 0) is 19.3 Å². The highest BCUT2D eigenvalue weighted by Gasteiger charge is 2.52.